The SMILES string of the molecule is COC1CCC(COc2ccnc(Nc3cn(C(C)(C)C#N)nc3C)n2)CC1. The molecule has 0 aliphatic heterocycles. The van der Waals surface area contributed by atoms with Crippen molar-refractivity contribution in [2.24, 2.45) is 5.92 Å². The summed E-state index contributed by atoms with van der Waals surface area (Å²) in [7, 11) is 1.78. The lowest BCUT2D eigenvalue weighted by Crippen LogP contribution is -2.24. The Morgan fingerprint density at radius 1 is 1.32 bits per heavy atom. The first kappa shape index (κ1) is 20.1. The van der Waals surface area contributed by atoms with Gasteiger partial charge in [0.2, 0.25) is 11.8 Å². The summed E-state index contributed by atoms with van der Waals surface area (Å²) in [4.78, 5) is 8.71. The van der Waals surface area contributed by atoms with E-state index < -0.39 is 5.54 Å². The normalized spacial score (nSPS) is 19.8. The fourth-order valence-corrected chi connectivity index (χ4v) is 3.26. The summed E-state index contributed by atoms with van der Waals surface area (Å²) < 4.78 is 13.0. The zero-order chi connectivity index (χ0) is 20.1. The number of hydrogen-bond acceptors (Lipinski definition) is 7. The van der Waals surface area contributed by atoms with Crippen molar-refractivity contribution < 1.29 is 9.47 Å². The number of aryl methyl sites for hydroxylation is 1. The number of hydrogen-bond donors (Lipinski definition) is 1. The summed E-state index contributed by atoms with van der Waals surface area (Å²) in [6.45, 7) is 6.16. The molecular weight excluding hydrogens is 356 g/mol. The molecule has 8 nitrogen and oxygen atoms in total. The van der Waals surface area contributed by atoms with E-state index in [9.17, 15) is 5.26 Å². The largest absolute Gasteiger partial charge is 0.477 e. The van der Waals surface area contributed by atoms with Crippen LogP contribution in [0.4, 0.5) is 11.6 Å². The molecule has 28 heavy (non-hydrogen) atoms. The van der Waals surface area contributed by atoms with Crippen LogP contribution in [0, 0.1) is 24.2 Å². The van der Waals surface area contributed by atoms with E-state index in [4.69, 9.17) is 9.47 Å². The van der Waals surface area contributed by atoms with Crippen LogP contribution in [0.1, 0.15) is 45.2 Å². The Morgan fingerprint density at radius 2 is 2.07 bits per heavy atom. The Kier molecular flexibility index (Phi) is 6.15. The quantitative estimate of drug-likeness (QED) is 0.779. The second-order valence-corrected chi connectivity index (χ2v) is 7.78. The maximum absolute atomic E-state index is 9.29. The average molecular weight is 384 g/mol. The third-order valence-corrected chi connectivity index (χ3v) is 5.22. The van der Waals surface area contributed by atoms with E-state index in [2.05, 4.69) is 26.5 Å². The summed E-state index contributed by atoms with van der Waals surface area (Å²) in [5, 5.41) is 16.9. The molecule has 0 aromatic carbocycles. The van der Waals surface area contributed by atoms with Gasteiger partial charge in [-0.05, 0) is 52.4 Å². The topological polar surface area (TPSA) is 97.9 Å². The Labute approximate surface area is 165 Å². The fraction of sp³-hybridized carbons (Fsp3) is 0.600. The third-order valence-electron chi connectivity index (χ3n) is 5.22. The zero-order valence-electron chi connectivity index (χ0n) is 17.0. The molecule has 150 valence electrons. The Morgan fingerprint density at radius 3 is 2.75 bits per heavy atom. The number of aromatic nitrogens is 4. The van der Waals surface area contributed by atoms with Crippen LogP contribution in [0.15, 0.2) is 18.5 Å². The number of methoxy groups -OCH3 is 1. The number of rotatable bonds is 7. The highest BCUT2D eigenvalue weighted by Gasteiger charge is 2.23. The summed E-state index contributed by atoms with van der Waals surface area (Å²) in [5.74, 6) is 1.53. The van der Waals surface area contributed by atoms with Crippen molar-refractivity contribution in [2.45, 2.75) is 58.1 Å². The highest BCUT2D eigenvalue weighted by atomic mass is 16.5. The van der Waals surface area contributed by atoms with E-state index in [1.54, 1.807) is 30.3 Å². The molecule has 0 saturated heterocycles. The van der Waals surface area contributed by atoms with Crippen LogP contribution in [-0.4, -0.2) is 39.6 Å². The van der Waals surface area contributed by atoms with Gasteiger partial charge >= 0.3 is 0 Å². The fourth-order valence-electron chi connectivity index (χ4n) is 3.26. The van der Waals surface area contributed by atoms with Crippen LogP contribution in [0.25, 0.3) is 0 Å². The molecule has 3 rings (SSSR count). The van der Waals surface area contributed by atoms with Gasteiger partial charge in [-0.15, -0.1) is 0 Å². The molecule has 1 fully saturated rings. The molecule has 2 heterocycles. The minimum absolute atomic E-state index is 0.390. The van der Waals surface area contributed by atoms with E-state index in [1.165, 1.54) is 0 Å². The van der Waals surface area contributed by atoms with Gasteiger partial charge in [0.05, 0.1) is 36.4 Å². The van der Waals surface area contributed by atoms with Crippen molar-refractivity contribution >= 4 is 11.6 Å². The molecule has 0 amide bonds. The zero-order valence-corrected chi connectivity index (χ0v) is 17.0. The molecule has 0 radical (unpaired) electrons. The first-order valence-corrected chi connectivity index (χ1v) is 9.65. The number of ether oxygens (including phenoxy) is 2. The molecule has 1 aliphatic carbocycles. The second kappa shape index (κ2) is 8.57. The maximum Gasteiger partial charge on any atom is 0.230 e. The summed E-state index contributed by atoms with van der Waals surface area (Å²) in [5.41, 5.74) is 0.810. The van der Waals surface area contributed by atoms with E-state index in [-0.39, 0.29) is 0 Å². The minimum Gasteiger partial charge on any atom is -0.477 e. The van der Waals surface area contributed by atoms with Gasteiger partial charge in [-0.1, -0.05) is 0 Å². The summed E-state index contributed by atoms with van der Waals surface area (Å²) in [6, 6.07) is 4.00. The first-order chi connectivity index (χ1) is 13.4. The lowest BCUT2D eigenvalue weighted by Gasteiger charge is -2.27. The van der Waals surface area contributed by atoms with E-state index in [0.717, 1.165) is 37.1 Å². The Bertz CT molecular complexity index is 833. The Hall–Kier alpha value is -2.66. The van der Waals surface area contributed by atoms with Gasteiger partial charge < -0.3 is 14.8 Å². The smallest absolute Gasteiger partial charge is 0.230 e. The first-order valence-electron chi connectivity index (χ1n) is 9.65. The van der Waals surface area contributed by atoms with Crippen LogP contribution in [0.5, 0.6) is 5.88 Å². The van der Waals surface area contributed by atoms with Gasteiger partial charge in [0.25, 0.3) is 0 Å². The van der Waals surface area contributed by atoms with Crippen molar-refractivity contribution in [3.05, 3.63) is 24.2 Å². The maximum atomic E-state index is 9.29. The van der Waals surface area contributed by atoms with Crippen molar-refractivity contribution in [3.8, 4) is 11.9 Å². The van der Waals surface area contributed by atoms with Crippen LogP contribution in [-0.2, 0) is 10.3 Å². The van der Waals surface area contributed by atoms with Crippen LogP contribution < -0.4 is 10.1 Å². The van der Waals surface area contributed by atoms with Crippen LogP contribution >= 0.6 is 0 Å². The van der Waals surface area contributed by atoms with Gasteiger partial charge in [0, 0.05) is 19.4 Å². The molecule has 0 unspecified atom stereocenters. The average Bonchev–Trinajstić information content (AvgIpc) is 3.08. The van der Waals surface area contributed by atoms with Gasteiger partial charge in [-0.2, -0.15) is 15.3 Å². The number of nitrogens with zero attached hydrogens (tertiary/aromatic N) is 5. The summed E-state index contributed by atoms with van der Waals surface area (Å²) >= 11 is 0. The van der Waals surface area contributed by atoms with Gasteiger partial charge in [0.15, 0.2) is 0 Å². The monoisotopic (exact) mass is 384 g/mol. The van der Waals surface area contributed by atoms with Crippen molar-refractivity contribution in [3.63, 3.8) is 0 Å². The Balaban J connectivity index is 1.60. The molecule has 1 aliphatic rings. The standard InChI is InChI=1S/C20H28N6O2/c1-14-17(11-26(25-14)20(2,3)13-21)23-19-22-10-9-18(24-19)28-12-15-5-7-16(27-4)8-6-15/h9-11,15-16H,5-8,12H2,1-4H3,(H,22,23,24). The van der Waals surface area contributed by atoms with Gasteiger partial charge in [-0.3, -0.25) is 4.68 Å². The highest BCUT2D eigenvalue weighted by molar-refractivity contribution is 5.55. The van der Waals surface area contributed by atoms with Crippen molar-refractivity contribution in [1.29, 1.82) is 5.26 Å². The lowest BCUT2D eigenvalue weighted by atomic mass is 9.88. The third kappa shape index (κ3) is 4.78. The van der Waals surface area contributed by atoms with Crippen molar-refractivity contribution in [2.75, 3.05) is 19.0 Å². The van der Waals surface area contributed by atoms with Crippen LogP contribution in [0.3, 0.4) is 0 Å². The molecule has 0 spiro atoms. The van der Waals surface area contributed by atoms with Crippen LogP contribution in [0.2, 0.25) is 0 Å². The second-order valence-electron chi connectivity index (χ2n) is 7.78. The molecule has 1 saturated carbocycles. The number of anilines is 2. The molecule has 2 aromatic heterocycles. The van der Waals surface area contributed by atoms with Crippen molar-refractivity contribution in [1.82, 2.24) is 19.7 Å². The molecule has 2 aromatic rings. The molecule has 1 N–H and O–H groups in total. The molecule has 0 bridgehead atoms. The molecule has 0 atom stereocenters. The van der Waals surface area contributed by atoms with E-state index in [0.29, 0.717) is 30.5 Å². The highest BCUT2D eigenvalue weighted by Crippen LogP contribution is 2.27. The minimum atomic E-state index is -0.724. The van der Waals surface area contributed by atoms with Gasteiger partial charge in [0.1, 0.15) is 5.54 Å². The van der Waals surface area contributed by atoms with E-state index >= 15 is 0 Å². The number of nitriles is 1. The number of nitrogens with one attached hydrogen (secondary N) is 1. The lowest BCUT2D eigenvalue weighted by molar-refractivity contribution is 0.0478. The van der Waals surface area contributed by atoms with Gasteiger partial charge in [-0.25, -0.2) is 4.98 Å². The molecular formula is C20H28N6O2. The predicted octanol–water partition coefficient (Wildman–Crippen LogP) is 3.57. The summed E-state index contributed by atoms with van der Waals surface area (Å²) in [6.07, 6.45) is 8.26. The van der Waals surface area contributed by atoms with E-state index in [1.807, 2.05) is 20.8 Å². The molecule has 8 heteroatoms. The predicted molar refractivity (Wildman–Crippen MR) is 105 cm³/mol.